The van der Waals surface area contributed by atoms with Crippen LogP contribution in [0.1, 0.15) is 44.4 Å². The third kappa shape index (κ3) is 4.72. The number of nitrogens with zero attached hydrogens (tertiary/aromatic N) is 3. The van der Waals surface area contributed by atoms with Crippen LogP contribution in [0, 0.1) is 5.41 Å². The number of imide groups is 1. The van der Waals surface area contributed by atoms with Gasteiger partial charge in [0, 0.05) is 17.9 Å². The number of rotatable bonds is 7. The number of fused-ring (bicyclic) bond motifs is 1. The largest absolute Gasteiger partial charge is 0.328 e. The molecule has 40 heavy (non-hydrogen) atoms. The van der Waals surface area contributed by atoms with E-state index >= 15 is 0 Å². The summed E-state index contributed by atoms with van der Waals surface area (Å²) in [6.07, 6.45) is 2.71. The molecule has 0 saturated carbocycles. The summed E-state index contributed by atoms with van der Waals surface area (Å²) in [5.41, 5.74) is 1.28. The second-order valence-electron chi connectivity index (χ2n) is 11.2. The molecule has 1 aromatic heterocycles. The summed E-state index contributed by atoms with van der Waals surface area (Å²) >= 11 is 0. The van der Waals surface area contributed by atoms with E-state index in [1.165, 1.54) is 9.80 Å². The Balaban J connectivity index is 1.31. The van der Waals surface area contributed by atoms with Crippen molar-refractivity contribution in [2.45, 2.75) is 52.1 Å². The summed E-state index contributed by atoms with van der Waals surface area (Å²) in [4.78, 5) is 59.9. The van der Waals surface area contributed by atoms with Crippen LogP contribution in [-0.2, 0) is 32.8 Å². The Kier molecular flexibility index (Phi) is 6.91. The van der Waals surface area contributed by atoms with Crippen LogP contribution in [-0.4, -0.2) is 51.1 Å². The van der Waals surface area contributed by atoms with Crippen molar-refractivity contribution in [1.82, 2.24) is 14.8 Å². The summed E-state index contributed by atoms with van der Waals surface area (Å²) in [5.74, 6) is -0.374. The van der Waals surface area contributed by atoms with E-state index in [2.05, 4.69) is 15.6 Å². The van der Waals surface area contributed by atoms with Gasteiger partial charge < -0.3 is 10.6 Å². The molecule has 206 valence electrons. The highest BCUT2D eigenvalue weighted by Gasteiger charge is 2.56. The molecule has 1 unspecified atom stereocenters. The van der Waals surface area contributed by atoms with Crippen LogP contribution in [0.25, 0.3) is 0 Å². The number of pyridine rings is 1. The van der Waals surface area contributed by atoms with Crippen molar-refractivity contribution in [3.05, 3.63) is 89.6 Å². The van der Waals surface area contributed by atoms with Gasteiger partial charge in [0.25, 0.3) is 5.91 Å². The van der Waals surface area contributed by atoms with Gasteiger partial charge in [-0.15, -0.1) is 0 Å². The molecule has 0 radical (unpaired) electrons. The first kappa shape index (κ1) is 27.1. The average molecular weight is 540 g/mol. The van der Waals surface area contributed by atoms with Gasteiger partial charge in [0.2, 0.25) is 11.8 Å². The topological polar surface area (TPSA) is 112 Å². The third-order valence-corrected chi connectivity index (χ3v) is 7.87. The third-order valence-electron chi connectivity index (χ3n) is 7.87. The highest BCUT2D eigenvalue weighted by Crippen LogP contribution is 2.40. The van der Waals surface area contributed by atoms with Gasteiger partial charge in [0.05, 0.1) is 5.41 Å². The number of aromatic nitrogens is 1. The van der Waals surface area contributed by atoms with Gasteiger partial charge in [0.15, 0.2) is 0 Å². The fourth-order valence-electron chi connectivity index (χ4n) is 5.63. The van der Waals surface area contributed by atoms with Crippen LogP contribution in [0.4, 0.5) is 16.3 Å². The maximum atomic E-state index is 13.5. The minimum atomic E-state index is -1.30. The Morgan fingerprint density at radius 3 is 2.30 bits per heavy atom. The average Bonchev–Trinajstić information content (AvgIpc) is 3.37. The van der Waals surface area contributed by atoms with Crippen molar-refractivity contribution in [2.75, 3.05) is 17.2 Å². The lowest BCUT2D eigenvalue weighted by molar-refractivity contribution is -0.134. The Labute approximate surface area is 233 Å². The zero-order chi connectivity index (χ0) is 28.7. The number of carbonyl (C=O) groups is 4. The van der Waals surface area contributed by atoms with Gasteiger partial charge in [-0.2, -0.15) is 0 Å². The fraction of sp³-hybridized carbons (Fsp3) is 0.323. The number of benzene rings is 2. The molecule has 2 aromatic carbocycles. The van der Waals surface area contributed by atoms with Crippen molar-refractivity contribution < 1.29 is 19.2 Å². The summed E-state index contributed by atoms with van der Waals surface area (Å²) in [6, 6.07) is 19.1. The number of nitrogens with one attached hydrogen (secondary N) is 2. The number of amides is 5. The first-order valence-electron chi connectivity index (χ1n) is 13.4. The fourth-order valence-corrected chi connectivity index (χ4v) is 5.63. The van der Waals surface area contributed by atoms with E-state index in [9.17, 15) is 19.2 Å². The number of urea groups is 1. The minimum Gasteiger partial charge on any atom is -0.325 e. The second-order valence-corrected chi connectivity index (χ2v) is 11.2. The highest BCUT2D eigenvalue weighted by atomic mass is 16.2. The Morgan fingerprint density at radius 2 is 1.62 bits per heavy atom. The SMILES string of the molecule is CC(C)N1C(=O)N(CC(=O)Nc2ccc3c(c2)C[C@](C)(C(=O)Nc2ccccn2)C3)C(C)(c2ccccc2)C1=O. The van der Waals surface area contributed by atoms with Crippen LogP contribution < -0.4 is 10.6 Å². The molecular weight excluding hydrogens is 506 g/mol. The molecule has 1 aliphatic heterocycles. The molecule has 0 bridgehead atoms. The van der Waals surface area contributed by atoms with Gasteiger partial charge in [-0.1, -0.05) is 49.4 Å². The number of anilines is 2. The Bertz CT molecular complexity index is 1480. The van der Waals surface area contributed by atoms with E-state index < -0.39 is 22.9 Å². The van der Waals surface area contributed by atoms with Gasteiger partial charge >= 0.3 is 6.03 Å². The smallest absolute Gasteiger partial charge is 0.325 e. The van der Waals surface area contributed by atoms with Crippen molar-refractivity contribution in [1.29, 1.82) is 0 Å². The van der Waals surface area contributed by atoms with E-state index in [1.54, 1.807) is 57.3 Å². The maximum Gasteiger partial charge on any atom is 0.328 e. The number of hydrogen-bond donors (Lipinski definition) is 2. The lowest BCUT2D eigenvalue weighted by atomic mass is 9.86. The lowest BCUT2D eigenvalue weighted by Crippen LogP contribution is -2.47. The molecule has 9 heteroatoms. The highest BCUT2D eigenvalue weighted by molar-refractivity contribution is 6.09. The van der Waals surface area contributed by atoms with Gasteiger partial charge in [0.1, 0.15) is 17.9 Å². The Morgan fingerprint density at radius 1 is 0.925 bits per heavy atom. The molecule has 2 heterocycles. The molecule has 5 rings (SSSR count). The van der Waals surface area contributed by atoms with Crippen molar-refractivity contribution >= 4 is 35.3 Å². The molecule has 1 fully saturated rings. The number of hydrogen-bond acceptors (Lipinski definition) is 5. The number of carbonyl (C=O) groups excluding carboxylic acids is 4. The first-order valence-corrected chi connectivity index (χ1v) is 13.4. The minimum absolute atomic E-state index is 0.111. The summed E-state index contributed by atoms with van der Waals surface area (Å²) < 4.78 is 0. The van der Waals surface area contributed by atoms with E-state index in [4.69, 9.17) is 0 Å². The van der Waals surface area contributed by atoms with E-state index in [1.807, 2.05) is 43.3 Å². The Hall–Kier alpha value is -4.53. The van der Waals surface area contributed by atoms with Crippen molar-refractivity contribution in [3.8, 4) is 0 Å². The van der Waals surface area contributed by atoms with E-state index in [-0.39, 0.29) is 24.4 Å². The van der Waals surface area contributed by atoms with Crippen molar-refractivity contribution in [3.63, 3.8) is 0 Å². The van der Waals surface area contributed by atoms with Crippen LogP contribution in [0.15, 0.2) is 72.9 Å². The summed E-state index contributed by atoms with van der Waals surface area (Å²) in [5, 5.41) is 5.79. The molecule has 0 spiro atoms. The molecule has 9 nitrogen and oxygen atoms in total. The van der Waals surface area contributed by atoms with Gasteiger partial charge in [-0.25, -0.2) is 9.78 Å². The summed E-state index contributed by atoms with van der Waals surface area (Å²) in [7, 11) is 0. The molecule has 1 saturated heterocycles. The van der Waals surface area contributed by atoms with Crippen LogP contribution in [0.2, 0.25) is 0 Å². The van der Waals surface area contributed by atoms with Crippen LogP contribution in [0.5, 0.6) is 0 Å². The van der Waals surface area contributed by atoms with Crippen LogP contribution >= 0.6 is 0 Å². The van der Waals surface area contributed by atoms with Crippen molar-refractivity contribution in [2.24, 2.45) is 5.41 Å². The normalized spacial score (nSPS) is 22.0. The van der Waals surface area contributed by atoms with Crippen LogP contribution in [0.3, 0.4) is 0 Å². The standard InChI is InChI=1S/C31H33N5O4/c1-20(2)36-28(39)31(4,23-10-6-5-7-11-23)35(29(36)40)19-26(37)33-24-14-13-21-17-30(3,18-22(21)16-24)27(38)34-25-12-8-9-15-32-25/h5-16,20H,17-19H2,1-4H3,(H,33,37)(H,32,34,38)/t30-,31?/m1/s1. The predicted molar refractivity (Wildman–Crippen MR) is 151 cm³/mol. The molecule has 1 aliphatic carbocycles. The first-order chi connectivity index (χ1) is 19.0. The van der Waals surface area contributed by atoms with Gasteiger partial charge in [-0.3, -0.25) is 24.2 Å². The summed E-state index contributed by atoms with van der Waals surface area (Å²) in [6.45, 7) is 6.87. The van der Waals surface area contributed by atoms with E-state index in [0.717, 1.165) is 11.1 Å². The molecule has 2 N–H and O–H groups in total. The monoisotopic (exact) mass is 539 g/mol. The van der Waals surface area contributed by atoms with E-state index in [0.29, 0.717) is 29.9 Å². The molecule has 3 aromatic rings. The molecular formula is C31H33N5O4. The maximum absolute atomic E-state index is 13.5. The molecule has 2 aliphatic rings. The zero-order valence-electron chi connectivity index (χ0n) is 23.1. The zero-order valence-corrected chi connectivity index (χ0v) is 23.1. The lowest BCUT2D eigenvalue weighted by Gasteiger charge is -2.31. The molecule has 5 amide bonds. The second kappa shape index (κ2) is 10.2. The predicted octanol–water partition coefficient (Wildman–Crippen LogP) is 4.35. The molecule has 2 atom stereocenters. The van der Waals surface area contributed by atoms with Gasteiger partial charge in [-0.05, 0) is 74.6 Å². The quantitative estimate of drug-likeness (QED) is 0.434.